The Kier molecular flexibility index (Phi) is 48.2. The van der Waals surface area contributed by atoms with Crippen LogP contribution in [0.3, 0.4) is 0 Å². The highest BCUT2D eigenvalue weighted by Crippen LogP contribution is 2.36. The number of aliphatic hydroxyl groups is 1. The van der Waals surface area contributed by atoms with Gasteiger partial charge in [0.1, 0.15) is 0 Å². The molecule has 0 spiro atoms. The van der Waals surface area contributed by atoms with Crippen LogP contribution in [0, 0.1) is 0 Å². The molecule has 0 aliphatic heterocycles. The Morgan fingerprint density at radius 1 is 0.459 bits per heavy atom. The van der Waals surface area contributed by atoms with Crippen molar-refractivity contribution in [3.63, 3.8) is 0 Å². The normalized spacial score (nSPS) is 13.1. The molecule has 7 nitrogen and oxygen atoms in total. The van der Waals surface area contributed by atoms with Crippen LogP contribution in [0.15, 0.2) is 12.2 Å². The number of unbranched alkanes of at least 4 members (excludes halogenated alkanes) is 42. The molecule has 4 N–H and O–H groups in total. The zero-order valence-corrected chi connectivity index (χ0v) is 41.7. The first-order chi connectivity index (χ1) is 29.8. The number of phosphoric ester groups is 1. The van der Waals surface area contributed by atoms with Crippen molar-refractivity contribution in [1.82, 2.24) is 5.32 Å². The second kappa shape index (κ2) is 48.7. The quantitative estimate of drug-likeness (QED) is 0.0275. The first-order valence-electron chi connectivity index (χ1n) is 27.1. The van der Waals surface area contributed by atoms with Crippen molar-refractivity contribution in [2.24, 2.45) is 0 Å². The van der Waals surface area contributed by atoms with Gasteiger partial charge in [-0.25, -0.2) is 4.57 Å². The number of amides is 1. The van der Waals surface area contributed by atoms with Crippen molar-refractivity contribution in [3.8, 4) is 0 Å². The minimum atomic E-state index is -4.71. The van der Waals surface area contributed by atoms with Crippen LogP contribution in [0.25, 0.3) is 0 Å². The van der Waals surface area contributed by atoms with Crippen LogP contribution in [-0.2, 0) is 13.9 Å². The largest absolute Gasteiger partial charge is 0.469 e. The molecule has 0 fully saturated rings. The van der Waals surface area contributed by atoms with Gasteiger partial charge in [0.05, 0.1) is 18.8 Å². The molecule has 0 bridgehead atoms. The fourth-order valence-electron chi connectivity index (χ4n) is 8.64. The summed E-state index contributed by atoms with van der Waals surface area (Å²) in [5.41, 5.74) is 0. The Hall–Kier alpha value is -0.720. The number of rotatable bonds is 51. The monoisotopic (exact) mass is 884 g/mol. The van der Waals surface area contributed by atoms with E-state index in [2.05, 4.69) is 23.7 Å². The fourth-order valence-corrected chi connectivity index (χ4v) is 9.00. The van der Waals surface area contributed by atoms with Crippen LogP contribution in [0.2, 0.25) is 0 Å². The van der Waals surface area contributed by atoms with Crippen molar-refractivity contribution < 1.29 is 28.8 Å². The maximum atomic E-state index is 12.6. The van der Waals surface area contributed by atoms with E-state index in [0.717, 1.165) is 38.5 Å². The van der Waals surface area contributed by atoms with Crippen LogP contribution in [-0.4, -0.2) is 39.6 Å². The molecule has 0 aromatic rings. The van der Waals surface area contributed by atoms with Gasteiger partial charge in [-0.05, 0) is 19.3 Å². The molecule has 2 atom stereocenters. The Morgan fingerprint density at radius 3 is 1.00 bits per heavy atom. The zero-order valence-electron chi connectivity index (χ0n) is 40.8. The topological polar surface area (TPSA) is 116 Å². The van der Waals surface area contributed by atoms with Gasteiger partial charge in [-0.15, -0.1) is 0 Å². The lowest BCUT2D eigenvalue weighted by Crippen LogP contribution is -2.45. The van der Waals surface area contributed by atoms with Crippen molar-refractivity contribution >= 4 is 13.7 Å². The van der Waals surface area contributed by atoms with Crippen LogP contribution in [0.5, 0.6) is 0 Å². The molecule has 0 heterocycles. The van der Waals surface area contributed by atoms with Gasteiger partial charge in [0.2, 0.25) is 5.91 Å². The van der Waals surface area contributed by atoms with E-state index in [-0.39, 0.29) is 5.91 Å². The van der Waals surface area contributed by atoms with Crippen LogP contribution < -0.4 is 5.32 Å². The van der Waals surface area contributed by atoms with Crippen molar-refractivity contribution in [1.29, 1.82) is 0 Å². The third-order valence-electron chi connectivity index (χ3n) is 12.7. The Labute approximate surface area is 380 Å². The van der Waals surface area contributed by atoms with E-state index >= 15 is 0 Å². The Balaban J connectivity index is 3.64. The first-order valence-corrected chi connectivity index (χ1v) is 28.7. The standard InChI is InChI=1S/C53H106NO6P/c1-3-5-7-9-11-13-15-17-18-19-20-21-22-23-24-25-26-27-28-29-30-31-32-33-34-35-37-39-41-43-45-47-49-53(56)54-51(50-60-61(57,58)59)52(55)48-46-44-42-40-38-36-16-14-12-10-8-6-4-2/h46,48,51-52,55H,3-45,47,49-50H2,1-2H3,(H,54,56)(H2,57,58,59)/b48-46+/t51-,52+/m0/s1. The van der Waals surface area contributed by atoms with Crippen LogP contribution in [0.1, 0.15) is 303 Å². The van der Waals surface area contributed by atoms with Gasteiger partial charge in [-0.3, -0.25) is 9.32 Å². The first kappa shape index (κ1) is 60.3. The number of carbonyl (C=O) groups is 1. The summed E-state index contributed by atoms with van der Waals surface area (Å²) in [4.78, 5) is 31.0. The maximum Gasteiger partial charge on any atom is 0.469 e. The summed E-state index contributed by atoms with van der Waals surface area (Å²) >= 11 is 0. The highest BCUT2D eigenvalue weighted by Gasteiger charge is 2.24. The van der Waals surface area contributed by atoms with E-state index in [9.17, 15) is 24.3 Å². The molecule has 0 aliphatic carbocycles. The molecule has 1 amide bonds. The Morgan fingerprint density at radius 2 is 0.721 bits per heavy atom. The lowest BCUT2D eigenvalue weighted by atomic mass is 10.0. The predicted molar refractivity (Wildman–Crippen MR) is 264 cm³/mol. The van der Waals surface area contributed by atoms with E-state index in [0.29, 0.717) is 6.42 Å². The summed E-state index contributed by atoms with van der Waals surface area (Å²) in [6.07, 6.45) is 61.5. The summed E-state index contributed by atoms with van der Waals surface area (Å²) in [5.74, 6) is -0.220. The number of phosphoric acid groups is 1. The fraction of sp³-hybridized carbons (Fsp3) is 0.943. The second-order valence-electron chi connectivity index (χ2n) is 18.9. The van der Waals surface area contributed by atoms with Gasteiger partial charge in [-0.1, -0.05) is 289 Å². The van der Waals surface area contributed by atoms with Gasteiger partial charge in [-0.2, -0.15) is 0 Å². The minimum Gasteiger partial charge on any atom is -0.387 e. The Bertz CT molecular complexity index is 957. The molecule has 0 rings (SSSR count). The van der Waals surface area contributed by atoms with Gasteiger partial charge in [0.25, 0.3) is 0 Å². The minimum absolute atomic E-state index is 0.220. The maximum absolute atomic E-state index is 12.6. The molecule has 0 saturated heterocycles. The highest BCUT2D eigenvalue weighted by molar-refractivity contribution is 7.46. The number of nitrogens with one attached hydrogen (secondary N) is 1. The van der Waals surface area contributed by atoms with Crippen molar-refractivity contribution in [3.05, 3.63) is 12.2 Å². The number of hydrogen-bond acceptors (Lipinski definition) is 4. The molecule has 364 valence electrons. The molecular formula is C53H106NO6P. The molecule has 0 saturated carbocycles. The van der Waals surface area contributed by atoms with Crippen molar-refractivity contribution in [2.75, 3.05) is 6.61 Å². The van der Waals surface area contributed by atoms with E-state index in [1.54, 1.807) is 6.08 Å². The summed E-state index contributed by atoms with van der Waals surface area (Å²) in [5, 5.41) is 13.4. The van der Waals surface area contributed by atoms with Crippen LogP contribution in [0.4, 0.5) is 0 Å². The lowest BCUT2D eigenvalue weighted by molar-refractivity contribution is -0.123. The third-order valence-corrected chi connectivity index (χ3v) is 13.2. The number of allylic oxidation sites excluding steroid dienone is 1. The molecule has 8 heteroatoms. The van der Waals surface area contributed by atoms with E-state index < -0.39 is 26.6 Å². The second-order valence-corrected chi connectivity index (χ2v) is 20.2. The number of carbonyl (C=O) groups excluding carboxylic acids is 1. The van der Waals surface area contributed by atoms with Crippen molar-refractivity contribution in [2.45, 2.75) is 315 Å². The summed E-state index contributed by atoms with van der Waals surface area (Å²) in [6, 6.07) is -0.906. The predicted octanol–water partition coefficient (Wildman–Crippen LogP) is 17.1. The van der Waals surface area contributed by atoms with E-state index in [4.69, 9.17) is 0 Å². The zero-order chi connectivity index (χ0) is 44.6. The third kappa shape index (κ3) is 50.1. The molecule has 0 aromatic carbocycles. The summed E-state index contributed by atoms with van der Waals surface area (Å²) in [6.45, 7) is 4.10. The van der Waals surface area contributed by atoms with E-state index in [1.165, 1.54) is 244 Å². The van der Waals surface area contributed by atoms with Gasteiger partial charge in [0.15, 0.2) is 0 Å². The molecule has 0 aliphatic rings. The average molecular weight is 884 g/mol. The number of hydrogen-bond donors (Lipinski definition) is 4. The van der Waals surface area contributed by atoms with Crippen LogP contribution >= 0.6 is 7.82 Å². The molecule has 0 aromatic heterocycles. The van der Waals surface area contributed by atoms with Gasteiger partial charge >= 0.3 is 7.82 Å². The summed E-state index contributed by atoms with van der Waals surface area (Å²) in [7, 11) is -4.71. The smallest absolute Gasteiger partial charge is 0.387 e. The number of aliphatic hydroxyl groups excluding tert-OH is 1. The molecule has 0 radical (unpaired) electrons. The molecule has 61 heavy (non-hydrogen) atoms. The highest BCUT2D eigenvalue weighted by atomic mass is 31.2. The summed E-state index contributed by atoms with van der Waals surface area (Å²) < 4.78 is 16.0. The lowest BCUT2D eigenvalue weighted by Gasteiger charge is -2.22. The SMILES string of the molecule is CCCCCCCCCCCCC/C=C/[C@@H](O)[C@H](COP(=O)(O)O)NC(=O)CCCCCCCCCCCCCCCCCCCCCCCCCCCCCCCCCC. The van der Waals surface area contributed by atoms with Gasteiger partial charge < -0.3 is 20.2 Å². The molecule has 0 unspecified atom stereocenters. The molecular weight excluding hydrogens is 778 g/mol. The van der Waals surface area contributed by atoms with Gasteiger partial charge in [0, 0.05) is 6.42 Å². The average Bonchev–Trinajstić information content (AvgIpc) is 3.24. The van der Waals surface area contributed by atoms with E-state index in [1.807, 2.05) is 6.08 Å².